The van der Waals surface area contributed by atoms with Crippen molar-refractivity contribution in [2.75, 3.05) is 7.05 Å². The molecule has 0 atom stereocenters. The maximum absolute atomic E-state index is 8.93. The Morgan fingerprint density at radius 1 is 1.25 bits per heavy atom. The standard InChI is InChI=1S/C18H26N2/c1-4-15-6-9-18(10-7-15)20(3)13-17-8-5-16(12-19)11-14(17)2/h5,8,11,15,18H,4,6-7,9-10,13H2,1-3H3. The van der Waals surface area contributed by atoms with E-state index in [0.29, 0.717) is 0 Å². The smallest absolute Gasteiger partial charge is 0.0991 e. The van der Waals surface area contributed by atoms with Gasteiger partial charge in [-0.15, -0.1) is 0 Å². The summed E-state index contributed by atoms with van der Waals surface area (Å²) in [6.45, 7) is 5.42. The predicted octanol–water partition coefficient (Wildman–Crippen LogP) is 4.27. The Bertz CT molecular complexity index is 479. The Hall–Kier alpha value is -1.33. The van der Waals surface area contributed by atoms with Gasteiger partial charge in [-0.3, -0.25) is 4.90 Å². The second-order valence-electron chi connectivity index (χ2n) is 6.25. The zero-order valence-corrected chi connectivity index (χ0v) is 13.0. The summed E-state index contributed by atoms with van der Waals surface area (Å²) >= 11 is 0. The van der Waals surface area contributed by atoms with E-state index in [-0.39, 0.29) is 0 Å². The second kappa shape index (κ2) is 6.90. The lowest BCUT2D eigenvalue weighted by Crippen LogP contribution is -2.34. The quantitative estimate of drug-likeness (QED) is 0.817. The van der Waals surface area contributed by atoms with Gasteiger partial charge in [0.05, 0.1) is 11.6 Å². The first-order valence-corrected chi connectivity index (χ1v) is 7.84. The largest absolute Gasteiger partial charge is 0.299 e. The summed E-state index contributed by atoms with van der Waals surface area (Å²) < 4.78 is 0. The maximum Gasteiger partial charge on any atom is 0.0991 e. The summed E-state index contributed by atoms with van der Waals surface area (Å²) in [6, 6.07) is 8.98. The Morgan fingerprint density at radius 3 is 2.50 bits per heavy atom. The minimum absolute atomic E-state index is 0.729. The van der Waals surface area contributed by atoms with E-state index in [1.807, 2.05) is 12.1 Å². The molecule has 0 radical (unpaired) electrons. The summed E-state index contributed by atoms with van der Waals surface area (Å²) in [4.78, 5) is 2.50. The summed E-state index contributed by atoms with van der Waals surface area (Å²) in [5.74, 6) is 0.955. The average molecular weight is 270 g/mol. The van der Waals surface area contributed by atoms with E-state index in [1.54, 1.807) is 0 Å². The van der Waals surface area contributed by atoms with E-state index in [2.05, 4.69) is 37.9 Å². The highest BCUT2D eigenvalue weighted by Crippen LogP contribution is 2.29. The fraction of sp³-hybridized carbons (Fsp3) is 0.611. The third kappa shape index (κ3) is 3.61. The Morgan fingerprint density at radius 2 is 1.95 bits per heavy atom. The Labute approximate surface area is 123 Å². The van der Waals surface area contributed by atoms with E-state index >= 15 is 0 Å². The lowest BCUT2D eigenvalue weighted by molar-refractivity contribution is 0.157. The highest BCUT2D eigenvalue weighted by Gasteiger charge is 2.23. The lowest BCUT2D eigenvalue weighted by atomic mass is 9.84. The molecule has 0 saturated heterocycles. The zero-order chi connectivity index (χ0) is 14.5. The number of hydrogen-bond acceptors (Lipinski definition) is 2. The number of rotatable bonds is 4. The predicted molar refractivity (Wildman–Crippen MR) is 83.4 cm³/mol. The van der Waals surface area contributed by atoms with Gasteiger partial charge in [0.1, 0.15) is 0 Å². The Balaban J connectivity index is 1.95. The van der Waals surface area contributed by atoms with Crippen molar-refractivity contribution in [3.05, 3.63) is 34.9 Å². The van der Waals surface area contributed by atoms with Gasteiger partial charge < -0.3 is 0 Å². The van der Waals surface area contributed by atoms with Gasteiger partial charge in [0.2, 0.25) is 0 Å². The van der Waals surface area contributed by atoms with Crippen LogP contribution in [0, 0.1) is 24.2 Å². The van der Waals surface area contributed by atoms with Gasteiger partial charge in [-0.2, -0.15) is 5.26 Å². The monoisotopic (exact) mass is 270 g/mol. The molecular formula is C18H26N2. The van der Waals surface area contributed by atoms with Crippen LogP contribution in [0.15, 0.2) is 18.2 Å². The molecule has 1 aromatic rings. The molecule has 0 N–H and O–H groups in total. The lowest BCUT2D eigenvalue weighted by Gasteiger charge is -2.34. The molecule has 0 spiro atoms. The van der Waals surface area contributed by atoms with Gasteiger partial charge in [-0.25, -0.2) is 0 Å². The van der Waals surface area contributed by atoms with Crippen LogP contribution in [0.2, 0.25) is 0 Å². The van der Waals surface area contributed by atoms with Gasteiger partial charge in [0.25, 0.3) is 0 Å². The van der Waals surface area contributed by atoms with Gasteiger partial charge >= 0.3 is 0 Å². The van der Waals surface area contributed by atoms with Crippen molar-refractivity contribution in [1.29, 1.82) is 5.26 Å². The molecule has 2 nitrogen and oxygen atoms in total. The van der Waals surface area contributed by atoms with Crippen LogP contribution < -0.4 is 0 Å². The number of nitriles is 1. The van der Waals surface area contributed by atoms with Crippen molar-refractivity contribution in [3.63, 3.8) is 0 Å². The number of hydrogen-bond donors (Lipinski definition) is 0. The van der Waals surface area contributed by atoms with Crippen molar-refractivity contribution in [1.82, 2.24) is 4.90 Å². The molecule has 1 saturated carbocycles. The third-order valence-electron chi connectivity index (χ3n) is 4.91. The molecule has 2 rings (SSSR count). The van der Waals surface area contributed by atoms with Crippen LogP contribution in [-0.4, -0.2) is 18.0 Å². The molecule has 1 aromatic carbocycles. The number of benzene rings is 1. The first kappa shape index (κ1) is 15.1. The summed E-state index contributed by atoms with van der Waals surface area (Å²) in [7, 11) is 2.24. The van der Waals surface area contributed by atoms with Crippen molar-refractivity contribution in [3.8, 4) is 6.07 Å². The van der Waals surface area contributed by atoms with Crippen LogP contribution in [-0.2, 0) is 6.54 Å². The fourth-order valence-corrected chi connectivity index (χ4v) is 3.33. The van der Waals surface area contributed by atoms with Crippen LogP contribution in [0.3, 0.4) is 0 Å². The minimum atomic E-state index is 0.729. The van der Waals surface area contributed by atoms with Crippen LogP contribution in [0.5, 0.6) is 0 Å². The molecule has 0 unspecified atom stereocenters. The van der Waals surface area contributed by atoms with Crippen LogP contribution in [0.4, 0.5) is 0 Å². The molecule has 1 aliphatic rings. The van der Waals surface area contributed by atoms with E-state index in [9.17, 15) is 0 Å². The molecule has 0 aliphatic heterocycles. The normalized spacial score (nSPS) is 22.8. The summed E-state index contributed by atoms with van der Waals surface area (Å²) in [5.41, 5.74) is 3.35. The van der Waals surface area contributed by atoms with Crippen LogP contribution in [0.1, 0.15) is 55.7 Å². The first-order chi connectivity index (χ1) is 9.63. The molecule has 108 valence electrons. The van der Waals surface area contributed by atoms with Gasteiger partial charge in [0.15, 0.2) is 0 Å². The van der Waals surface area contributed by atoms with Gasteiger partial charge in [-0.05, 0) is 68.8 Å². The topological polar surface area (TPSA) is 27.0 Å². The zero-order valence-electron chi connectivity index (χ0n) is 13.0. The molecule has 0 aromatic heterocycles. The molecule has 1 fully saturated rings. The summed E-state index contributed by atoms with van der Waals surface area (Å²) in [5, 5.41) is 8.93. The van der Waals surface area contributed by atoms with E-state index in [4.69, 9.17) is 5.26 Å². The van der Waals surface area contributed by atoms with E-state index < -0.39 is 0 Å². The van der Waals surface area contributed by atoms with E-state index in [1.165, 1.54) is 43.2 Å². The minimum Gasteiger partial charge on any atom is -0.299 e. The molecule has 0 amide bonds. The number of aryl methyl sites for hydroxylation is 1. The molecule has 2 heteroatoms. The van der Waals surface area contributed by atoms with Crippen molar-refractivity contribution in [2.24, 2.45) is 5.92 Å². The Kier molecular flexibility index (Phi) is 5.20. The van der Waals surface area contributed by atoms with Gasteiger partial charge in [0, 0.05) is 12.6 Å². The molecule has 0 heterocycles. The molecular weight excluding hydrogens is 244 g/mol. The maximum atomic E-state index is 8.93. The molecule has 1 aliphatic carbocycles. The number of nitrogens with zero attached hydrogens (tertiary/aromatic N) is 2. The highest BCUT2D eigenvalue weighted by molar-refractivity contribution is 5.37. The van der Waals surface area contributed by atoms with E-state index in [0.717, 1.165) is 24.1 Å². The van der Waals surface area contributed by atoms with Crippen molar-refractivity contribution < 1.29 is 0 Å². The van der Waals surface area contributed by atoms with Crippen LogP contribution in [0.25, 0.3) is 0 Å². The van der Waals surface area contributed by atoms with Crippen molar-refractivity contribution >= 4 is 0 Å². The van der Waals surface area contributed by atoms with Crippen LogP contribution >= 0.6 is 0 Å². The first-order valence-electron chi connectivity index (χ1n) is 7.84. The van der Waals surface area contributed by atoms with Crippen molar-refractivity contribution in [2.45, 2.75) is 58.5 Å². The highest BCUT2D eigenvalue weighted by atomic mass is 15.1. The molecule has 0 bridgehead atoms. The second-order valence-corrected chi connectivity index (χ2v) is 6.25. The summed E-state index contributed by atoms with van der Waals surface area (Å²) in [6.07, 6.45) is 6.79. The SMILES string of the molecule is CCC1CCC(N(C)Cc2ccc(C#N)cc2C)CC1. The average Bonchev–Trinajstić information content (AvgIpc) is 2.49. The van der Waals surface area contributed by atoms with Gasteiger partial charge in [-0.1, -0.05) is 19.4 Å². The fourth-order valence-electron chi connectivity index (χ4n) is 3.33. The molecule has 20 heavy (non-hydrogen) atoms. The third-order valence-corrected chi connectivity index (χ3v) is 4.91.